The number of ether oxygens (including phenoxy) is 4. The van der Waals surface area contributed by atoms with Crippen molar-refractivity contribution in [3.8, 4) is 22.6 Å². The highest BCUT2D eigenvalue weighted by Crippen LogP contribution is 2.37. The molecule has 3 aromatic rings. The quantitative estimate of drug-likeness (QED) is 0.217. The van der Waals surface area contributed by atoms with E-state index in [0.717, 1.165) is 16.9 Å². The molecule has 0 aliphatic rings. The first kappa shape index (κ1) is 25.0. The second kappa shape index (κ2) is 12.6. The highest BCUT2D eigenvalue weighted by molar-refractivity contribution is 7.15. The third-order valence-electron chi connectivity index (χ3n) is 4.63. The Labute approximate surface area is 202 Å². The number of nitrogens with one attached hydrogen (secondary N) is 1. The zero-order valence-electron chi connectivity index (χ0n) is 19.3. The SMILES string of the molecule is CCOC(=O)c1c(-c2ccc(OCC)cc2)csc1NC(=O)/C=C/c1ccc(OCOC)cc1. The number of thiophene rings is 1. The Morgan fingerprint density at radius 3 is 2.26 bits per heavy atom. The summed E-state index contributed by atoms with van der Waals surface area (Å²) >= 11 is 1.27. The summed E-state index contributed by atoms with van der Waals surface area (Å²) in [4.78, 5) is 25.3. The molecule has 8 heteroatoms. The van der Waals surface area contributed by atoms with Crippen LogP contribution in [0, 0.1) is 0 Å². The third kappa shape index (κ3) is 6.69. The van der Waals surface area contributed by atoms with Crippen LogP contribution in [0.3, 0.4) is 0 Å². The molecule has 7 nitrogen and oxygen atoms in total. The van der Waals surface area contributed by atoms with E-state index in [1.807, 2.05) is 48.7 Å². The summed E-state index contributed by atoms with van der Waals surface area (Å²) in [5.74, 6) is 0.572. The molecule has 34 heavy (non-hydrogen) atoms. The average Bonchev–Trinajstić information content (AvgIpc) is 3.26. The fourth-order valence-electron chi connectivity index (χ4n) is 3.09. The van der Waals surface area contributed by atoms with Gasteiger partial charge in [0, 0.05) is 24.1 Å². The fraction of sp³-hybridized carbons (Fsp3) is 0.231. The van der Waals surface area contributed by atoms with E-state index in [9.17, 15) is 9.59 Å². The standard InChI is InChI=1S/C26H27NO6S/c1-4-31-20-13-9-19(10-14-20)22-16-34-25(24(22)26(29)32-5-2)27-23(28)15-8-18-6-11-21(12-7-18)33-17-30-3/h6-16H,4-5,17H2,1-3H3,(H,27,28)/b15-8+. The van der Waals surface area contributed by atoms with Gasteiger partial charge in [-0.3, -0.25) is 4.79 Å². The summed E-state index contributed by atoms with van der Waals surface area (Å²) in [6.07, 6.45) is 3.09. The smallest absolute Gasteiger partial charge is 0.341 e. The Morgan fingerprint density at radius 1 is 0.941 bits per heavy atom. The number of rotatable bonds is 11. The van der Waals surface area contributed by atoms with Crippen molar-refractivity contribution in [2.75, 3.05) is 32.4 Å². The van der Waals surface area contributed by atoms with Gasteiger partial charge >= 0.3 is 5.97 Å². The van der Waals surface area contributed by atoms with Crippen molar-refractivity contribution >= 4 is 34.3 Å². The summed E-state index contributed by atoms with van der Waals surface area (Å²) in [6, 6.07) is 14.7. The Morgan fingerprint density at radius 2 is 1.62 bits per heavy atom. The predicted octanol–water partition coefficient (Wildman–Crippen LogP) is 5.63. The summed E-state index contributed by atoms with van der Waals surface area (Å²) in [6.45, 7) is 4.63. The monoisotopic (exact) mass is 481 g/mol. The number of carbonyl (C=O) groups is 2. The molecule has 0 aliphatic heterocycles. The first-order valence-corrected chi connectivity index (χ1v) is 11.7. The van der Waals surface area contributed by atoms with Crippen molar-refractivity contribution in [2.24, 2.45) is 0 Å². The van der Waals surface area contributed by atoms with E-state index in [0.29, 0.717) is 28.5 Å². The molecule has 0 aliphatic carbocycles. The molecule has 0 atom stereocenters. The van der Waals surface area contributed by atoms with Crippen LogP contribution >= 0.6 is 11.3 Å². The largest absolute Gasteiger partial charge is 0.494 e. The topological polar surface area (TPSA) is 83.1 Å². The van der Waals surface area contributed by atoms with Crippen LogP contribution in [-0.2, 0) is 14.3 Å². The van der Waals surface area contributed by atoms with Gasteiger partial charge in [0.05, 0.1) is 13.2 Å². The van der Waals surface area contributed by atoms with Gasteiger partial charge in [-0.2, -0.15) is 0 Å². The molecule has 0 spiro atoms. The molecule has 0 fully saturated rings. The zero-order valence-corrected chi connectivity index (χ0v) is 20.1. The van der Waals surface area contributed by atoms with E-state index in [4.69, 9.17) is 18.9 Å². The normalized spacial score (nSPS) is 10.8. The maximum atomic E-state index is 12.7. The van der Waals surface area contributed by atoms with Gasteiger partial charge < -0.3 is 24.3 Å². The Balaban J connectivity index is 1.77. The van der Waals surface area contributed by atoms with E-state index < -0.39 is 5.97 Å². The molecule has 1 heterocycles. The van der Waals surface area contributed by atoms with Crippen LogP contribution < -0.4 is 14.8 Å². The summed E-state index contributed by atoms with van der Waals surface area (Å²) in [5.41, 5.74) is 2.68. The van der Waals surface area contributed by atoms with Crippen molar-refractivity contribution < 1.29 is 28.5 Å². The minimum atomic E-state index is -0.487. The second-order valence-electron chi connectivity index (χ2n) is 6.97. The number of methoxy groups -OCH3 is 1. The minimum absolute atomic E-state index is 0.167. The molecule has 0 radical (unpaired) electrons. The number of hydrogen-bond donors (Lipinski definition) is 1. The van der Waals surface area contributed by atoms with Gasteiger partial charge in [0.2, 0.25) is 5.91 Å². The lowest BCUT2D eigenvalue weighted by molar-refractivity contribution is -0.111. The van der Waals surface area contributed by atoms with Crippen LogP contribution in [0.2, 0.25) is 0 Å². The van der Waals surface area contributed by atoms with Gasteiger partial charge in [0.15, 0.2) is 6.79 Å². The highest BCUT2D eigenvalue weighted by Gasteiger charge is 2.22. The van der Waals surface area contributed by atoms with E-state index in [1.165, 1.54) is 17.4 Å². The lowest BCUT2D eigenvalue weighted by Crippen LogP contribution is -2.12. The number of anilines is 1. The van der Waals surface area contributed by atoms with Gasteiger partial charge in [0.25, 0.3) is 0 Å². The van der Waals surface area contributed by atoms with Gasteiger partial charge in [-0.25, -0.2) is 4.79 Å². The Kier molecular flexibility index (Phi) is 9.25. The van der Waals surface area contributed by atoms with Gasteiger partial charge in [-0.15, -0.1) is 11.3 Å². The van der Waals surface area contributed by atoms with E-state index in [1.54, 1.807) is 32.2 Å². The number of benzene rings is 2. The van der Waals surface area contributed by atoms with Crippen molar-refractivity contribution in [1.29, 1.82) is 0 Å². The molecule has 0 bridgehead atoms. The molecular formula is C26H27NO6S. The molecule has 2 aromatic carbocycles. The number of amides is 1. The number of esters is 1. The summed E-state index contributed by atoms with van der Waals surface area (Å²) in [7, 11) is 1.55. The fourth-order valence-corrected chi connectivity index (χ4v) is 4.05. The maximum Gasteiger partial charge on any atom is 0.341 e. The van der Waals surface area contributed by atoms with Crippen molar-refractivity contribution in [3.63, 3.8) is 0 Å². The minimum Gasteiger partial charge on any atom is -0.494 e. The Bertz CT molecular complexity index is 1120. The first-order valence-electron chi connectivity index (χ1n) is 10.8. The lowest BCUT2D eigenvalue weighted by atomic mass is 10.0. The highest BCUT2D eigenvalue weighted by atomic mass is 32.1. The molecule has 0 saturated heterocycles. The number of carbonyl (C=O) groups excluding carboxylic acids is 2. The van der Waals surface area contributed by atoms with Crippen LogP contribution in [-0.4, -0.2) is 39.0 Å². The summed E-state index contributed by atoms with van der Waals surface area (Å²) in [5, 5.41) is 5.07. The van der Waals surface area contributed by atoms with E-state index in [2.05, 4.69) is 5.32 Å². The van der Waals surface area contributed by atoms with Crippen LogP contribution in [0.1, 0.15) is 29.8 Å². The van der Waals surface area contributed by atoms with Crippen molar-refractivity contribution in [1.82, 2.24) is 0 Å². The average molecular weight is 482 g/mol. The predicted molar refractivity (Wildman–Crippen MR) is 133 cm³/mol. The van der Waals surface area contributed by atoms with Crippen molar-refractivity contribution in [2.45, 2.75) is 13.8 Å². The van der Waals surface area contributed by atoms with Crippen LogP contribution in [0.4, 0.5) is 5.00 Å². The molecule has 178 valence electrons. The van der Waals surface area contributed by atoms with Crippen LogP contribution in [0.15, 0.2) is 60.0 Å². The molecular weight excluding hydrogens is 454 g/mol. The van der Waals surface area contributed by atoms with Gasteiger partial charge in [-0.1, -0.05) is 24.3 Å². The zero-order chi connectivity index (χ0) is 24.3. The van der Waals surface area contributed by atoms with E-state index >= 15 is 0 Å². The van der Waals surface area contributed by atoms with Gasteiger partial charge in [-0.05, 0) is 55.3 Å². The molecule has 1 amide bonds. The summed E-state index contributed by atoms with van der Waals surface area (Å²) < 4.78 is 21.0. The lowest BCUT2D eigenvalue weighted by Gasteiger charge is -2.09. The second-order valence-corrected chi connectivity index (χ2v) is 7.85. The molecule has 3 rings (SSSR count). The molecule has 1 aromatic heterocycles. The van der Waals surface area contributed by atoms with Gasteiger partial charge in [0.1, 0.15) is 22.1 Å². The molecule has 1 N–H and O–H groups in total. The maximum absolute atomic E-state index is 12.7. The molecule has 0 unspecified atom stereocenters. The van der Waals surface area contributed by atoms with Crippen LogP contribution in [0.25, 0.3) is 17.2 Å². The van der Waals surface area contributed by atoms with Crippen LogP contribution in [0.5, 0.6) is 11.5 Å². The molecule has 0 saturated carbocycles. The van der Waals surface area contributed by atoms with Crippen molar-refractivity contribution in [3.05, 3.63) is 71.1 Å². The number of hydrogen-bond acceptors (Lipinski definition) is 7. The Hall–Kier alpha value is -3.62. The third-order valence-corrected chi connectivity index (χ3v) is 5.53. The van der Waals surface area contributed by atoms with E-state index in [-0.39, 0.29) is 19.3 Å². The first-order chi connectivity index (χ1) is 16.5.